The zero-order valence-electron chi connectivity index (χ0n) is 15.6. The quantitative estimate of drug-likeness (QED) is 0.681. The molecule has 0 atom stereocenters. The number of benzene rings is 1. The second-order valence-corrected chi connectivity index (χ2v) is 10.0. The third-order valence-corrected chi connectivity index (χ3v) is 8.24. The van der Waals surface area contributed by atoms with Gasteiger partial charge in [-0.1, -0.05) is 12.5 Å². The van der Waals surface area contributed by atoms with E-state index in [1.807, 2.05) is 0 Å². The van der Waals surface area contributed by atoms with Gasteiger partial charge in [-0.3, -0.25) is 0 Å². The van der Waals surface area contributed by atoms with Crippen LogP contribution in [0, 0.1) is 0 Å². The first-order chi connectivity index (χ1) is 12.1. The molecule has 5 nitrogen and oxygen atoms in total. The smallest absolute Gasteiger partial charge is 0.462 e. The molecule has 1 fully saturated rings. The molecule has 6 heteroatoms. The summed E-state index contributed by atoms with van der Waals surface area (Å²) >= 11 is 0. The number of rotatable bonds is 7. The molecule has 1 aromatic rings. The van der Waals surface area contributed by atoms with Gasteiger partial charge in [0.25, 0.3) is 0 Å². The van der Waals surface area contributed by atoms with Crippen LogP contribution in [0.15, 0.2) is 18.2 Å². The molecule has 1 heterocycles. The lowest BCUT2D eigenvalue weighted by Gasteiger charge is -2.41. The van der Waals surface area contributed by atoms with Crippen molar-refractivity contribution in [1.29, 1.82) is 0 Å². The first-order valence-electron chi connectivity index (χ1n) is 9.24. The summed E-state index contributed by atoms with van der Waals surface area (Å²) in [4.78, 5) is 0. The van der Waals surface area contributed by atoms with Crippen molar-refractivity contribution in [3.8, 4) is 5.75 Å². The third kappa shape index (κ3) is 4.26. The Balaban J connectivity index is 1.59. The van der Waals surface area contributed by atoms with Crippen LogP contribution in [0.5, 0.6) is 5.75 Å². The average Bonchev–Trinajstić information content (AvgIpc) is 2.66. The van der Waals surface area contributed by atoms with E-state index < -0.39 is 8.80 Å². The van der Waals surface area contributed by atoms with Crippen LogP contribution < -0.4 is 4.74 Å². The molecule has 0 radical (unpaired) electrons. The van der Waals surface area contributed by atoms with E-state index in [1.54, 1.807) is 21.3 Å². The number of hydrogen-bond donors (Lipinski definition) is 0. The van der Waals surface area contributed by atoms with Crippen molar-refractivity contribution in [2.24, 2.45) is 0 Å². The Kier molecular flexibility index (Phi) is 6.17. The molecule has 140 valence electrons. The minimum Gasteiger partial charge on any atom is -0.462 e. The van der Waals surface area contributed by atoms with Gasteiger partial charge in [-0.25, -0.2) is 0 Å². The van der Waals surface area contributed by atoms with E-state index in [-0.39, 0.29) is 5.79 Å². The molecule has 2 aliphatic rings. The molecule has 0 unspecified atom stereocenters. The Labute approximate surface area is 151 Å². The molecular weight excluding hydrogens is 336 g/mol. The van der Waals surface area contributed by atoms with Crippen LogP contribution in [0.3, 0.4) is 0 Å². The van der Waals surface area contributed by atoms with Crippen LogP contribution in [0.4, 0.5) is 0 Å². The lowest BCUT2D eigenvalue weighted by Crippen LogP contribution is -2.43. The van der Waals surface area contributed by atoms with E-state index in [1.165, 1.54) is 24.8 Å². The zero-order chi connectivity index (χ0) is 17.8. The maximum absolute atomic E-state index is 6.25. The van der Waals surface area contributed by atoms with E-state index in [9.17, 15) is 0 Å². The van der Waals surface area contributed by atoms with Crippen molar-refractivity contribution in [2.45, 2.75) is 63.4 Å². The van der Waals surface area contributed by atoms with Gasteiger partial charge in [0.05, 0.1) is 6.61 Å². The molecule has 1 aliphatic heterocycles. The first-order valence-corrected chi connectivity index (χ1v) is 11.2. The molecular formula is C19H30O5Si. The standard InChI is InChI=1S/C19H30O5Si/c1-20-25(21-2,22-3)13-7-8-16-9-10-18-17(14-16)15-23-19(24-18)11-5-4-6-12-19/h9-10,14H,4-8,11-13,15H2,1-3H3. The maximum atomic E-state index is 6.25. The predicted octanol–water partition coefficient (Wildman–Crippen LogP) is 4.07. The van der Waals surface area contributed by atoms with Crippen LogP contribution in [0.1, 0.15) is 49.7 Å². The zero-order valence-corrected chi connectivity index (χ0v) is 16.6. The summed E-state index contributed by atoms with van der Waals surface area (Å²) in [6.07, 6.45) is 7.61. The van der Waals surface area contributed by atoms with Crippen molar-refractivity contribution in [1.82, 2.24) is 0 Å². The van der Waals surface area contributed by atoms with Crippen molar-refractivity contribution < 1.29 is 22.8 Å². The monoisotopic (exact) mass is 366 g/mol. The minimum atomic E-state index is -2.48. The van der Waals surface area contributed by atoms with Gasteiger partial charge in [0.2, 0.25) is 5.79 Å². The van der Waals surface area contributed by atoms with Gasteiger partial charge in [-0.2, -0.15) is 0 Å². The van der Waals surface area contributed by atoms with E-state index >= 15 is 0 Å². The van der Waals surface area contributed by atoms with Gasteiger partial charge in [0.1, 0.15) is 5.75 Å². The van der Waals surface area contributed by atoms with Gasteiger partial charge in [-0.15, -0.1) is 0 Å². The molecule has 25 heavy (non-hydrogen) atoms. The van der Waals surface area contributed by atoms with E-state index in [0.717, 1.165) is 43.0 Å². The molecule has 1 aliphatic carbocycles. The van der Waals surface area contributed by atoms with E-state index in [4.69, 9.17) is 22.8 Å². The predicted molar refractivity (Wildman–Crippen MR) is 97.6 cm³/mol. The molecule has 3 rings (SSSR count). The van der Waals surface area contributed by atoms with Gasteiger partial charge in [0.15, 0.2) is 0 Å². The molecule has 0 aromatic heterocycles. The molecule has 0 amide bonds. The van der Waals surface area contributed by atoms with E-state index in [0.29, 0.717) is 6.61 Å². The number of fused-ring (bicyclic) bond motifs is 1. The van der Waals surface area contributed by atoms with Crippen molar-refractivity contribution in [2.75, 3.05) is 21.3 Å². The number of ether oxygens (including phenoxy) is 2. The summed E-state index contributed by atoms with van der Waals surface area (Å²) < 4.78 is 28.8. The summed E-state index contributed by atoms with van der Waals surface area (Å²) in [7, 11) is 2.51. The summed E-state index contributed by atoms with van der Waals surface area (Å²) in [6, 6.07) is 7.29. The van der Waals surface area contributed by atoms with Crippen LogP contribution in [0.25, 0.3) is 0 Å². The topological polar surface area (TPSA) is 46.2 Å². The fourth-order valence-electron chi connectivity index (χ4n) is 3.84. The lowest BCUT2D eigenvalue weighted by atomic mass is 9.93. The third-order valence-electron chi connectivity index (χ3n) is 5.41. The SMILES string of the molecule is CO[Si](CCCc1ccc2c(c1)COC1(CCCCC1)O2)(OC)OC. The average molecular weight is 367 g/mol. The maximum Gasteiger partial charge on any atom is 0.500 e. The second-order valence-electron chi connectivity index (χ2n) is 6.95. The highest BCUT2D eigenvalue weighted by Crippen LogP contribution is 2.40. The Hall–Kier alpha value is -0.923. The number of aryl methyl sites for hydroxylation is 1. The van der Waals surface area contributed by atoms with Gasteiger partial charge < -0.3 is 22.8 Å². The molecule has 1 spiro atoms. The van der Waals surface area contributed by atoms with Crippen molar-refractivity contribution in [3.63, 3.8) is 0 Å². The fraction of sp³-hybridized carbons (Fsp3) is 0.684. The van der Waals surface area contributed by atoms with Gasteiger partial charge >= 0.3 is 8.80 Å². The van der Waals surface area contributed by atoms with Crippen molar-refractivity contribution in [3.05, 3.63) is 29.3 Å². The highest BCUT2D eigenvalue weighted by atomic mass is 28.4. The molecule has 1 aromatic carbocycles. The summed E-state index contributed by atoms with van der Waals surface area (Å²) in [5.41, 5.74) is 2.44. The van der Waals surface area contributed by atoms with Crippen LogP contribution in [0.2, 0.25) is 6.04 Å². The summed E-state index contributed by atoms with van der Waals surface area (Å²) in [6.45, 7) is 0.649. The largest absolute Gasteiger partial charge is 0.500 e. The Morgan fingerprint density at radius 2 is 1.76 bits per heavy atom. The van der Waals surface area contributed by atoms with Crippen molar-refractivity contribution >= 4 is 8.80 Å². The Morgan fingerprint density at radius 3 is 2.44 bits per heavy atom. The fourth-order valence-corrected chi connectivity index (χ4v) is 5.56. The van der Waals surface area contributed by atoms with Crippen LogP contribution in [-0.4, -0.2) is 35.9 Å². The normalized spacial score (nSPS) is 19.5. The summed E-state index contributed by atoms with van der Waals surface area (Å²) in [5.74, 6) is 0.624. The Bertz CT molecular complexity index is 559. The lowest BCUT2D eigenvalue weighted by molar-refractivity contribution is -0.222. The molecule has 0 saturated heterocycles. The molecule has 0 N–H and O–H groups in total. The molecule has 0 bridgehead atoms. The van der Waals surface area contributed by atoms with Gasteiger partial charge in [-0.05, 0) is 43.4 Å². The van der Waals surface area contributed by atoms with E-state index in [2.05, 4.69) is 18.2 Å². The minimum absolute atomic E-state index is 0.368. The van der Waals surface area contributed by atoms with Gasteiger partial charge in [0, 0.05) is 45.8 Å². The summed E-state index contributed by atoms with van der Waals surface area (Å²) in [5, 5.41) is 0. The highest BCUT2D eigenvalue weighted by Gasteiger charge is 2.39. The first kappa shape index (κ1) is 18.9. The van der Waals surface area contributed by atoms with Crippen LogP contribution >= 0.6 is 0 Å². The Morgan fingerprint density at radius 1 is 1.04 bits per heavy atom. The molecule has 1 saturated carbocycles. The highest BCUT2D eigenvalue weighted by molar-refractivity contribution is 6.60. The van der Waals surface area contributed by atoms with Crippen LogP contribution in [-0.2, 0) is 31.0 Å². The second kappa shape index (κ2) is 8.18. The number of hydrogen-bond acceptors (Lipinski definition) is 5.